The van der Waals surface area contributed by atoms with E-state index in [9.17, 15) is 0 Å². The first-order chi connectivity index (χ1) is 33.2. The number of benzene rings is 11. The van der Waals surface area contributed by atoms with Gasteiger partial charge in [-0.2, -0.15) is 0 Å². The number of para-hydroxylation sites is 1. The largest absolute Gasteiger partial charge is 0.310 e. The van der Waals surface area contributed by atoms with Gasteiger partial charge in [-0.25, -0.2) is 0 Å². The Hall–Kier alpha value is -8.24. The highest BCUT2D eigenvalue weighted by Gasteiger charge is 2.49. The molecule has 0 unspecified atom stereocenters. The lowest BCUT2D eigenvalue weighted by Gasteiger charge is -2.41. The van der Waals surface area contributed by atoms with E-state index in [1.807, 2.05) is 11.3 Å². The van der Waals surface area contributed by atoms with Gasteiger partial charge in [-0.1, -0.05) is 170 Å². The highest BCUT2D eigenvalue weighted by molar-refractivity contribution is 7.25. The fraction of sp³-hybridized carbons (Fsp3) is 0.0312. The molecule has 0 saturated heterocycles. The van der Waals surface area contributed by atoms with Crippen molar-refractivity contribution in [2.45, 2.75) is 11.8 Å². The maximum Gasteiger partial charge on any atom is 0.0719 e. The molecule has 2 aliphatic carbocycles. The van der Waals surface area contributed by atoms with Crippen LogP contribution in [0.1, 0.15) is 33.4 Å². The number of anilines is 6. The molecule has 11 aromatic carbocycles. The predicted molar refractivity (Wildman–Crippen MR) is 284 cm³/mol. The van der Waals surface area contributed by atoms with Crippen molar-refractivity contribution >= 4 is 87.2 Å². The molecular formula is C64H42N2S. The summed E-state index contributed by atoms with van der Waals surface area (Å²) in [7, 11) is 0. The predicted octanol–water partition coefficient (Wildman–Crippen LogP) is 17.6. The minimum Gasteiger partial charge on any atom is -0.310 e. The summed E-state index contributed by atoms with van der Waals surface area (Å²) in [6.45, 7) is 0. The van der Waals surface area contributed by atoms with Crippen molar-refractivity contribution in [1.82, 2.24) is 0 Å². The van der Waals surface area contributed by atoms with E-state index in [-0.39, 0.29) is 0 Å². The Morgan fingerprint density at radius 2 is 0.791 bits per heavy atom. The standard InChI is InChI=1S/C64H42N2S/c1-2-21-46(22-3-1)65(49-33-32-45-38-44-18-6-11-27-56(44)64(59(45)41-49)57-28-12-9-25-52(57)53-26-10-13-29-58(53)64)47-34-36-62-54(39-47)55-40-48(35-37-63(55)67-62)66(60-30-14-19-42-16-4-7-23-50(42)60)61-31-15-20-43-17-5-8-24-51(43)61/h1-37,39-41H,38H2. The van der Waals surface area contributed by atoms with Crippen LogP contribution in [0.2, 0.25) is 0 Å². The number of thiophene rings is 1. The molecule has 1 heterocycles. The van der Waals surface area contributed by atoms with Crippen LogP contribution in [0.3, 0.4) is 0 Å². The van der Waals surface area contributed by atoms with Gasteiger partial charge >= 0.3 is 0 Å². The zero-order chi connectivity index (χ0) is 44.1. The van der Waals surface area contributed by atoms with Gasteiger partial charge in [-0.15, -0.1) is 11.3 Å². The fourth-order valence-electron chi connectivity index (χ4n) is 11.7. The fourth-order valence-corrected chi connectivity index (χ4v) is 12.7. The lowest BCUT2D eigenvalue weighted by Crippen LogP contribution is -2.34. The van der Waals surface area contributed by atoms with Crippen LogP contribution in [0.25, 0.3) is 52.8 Å². The average Bonchev–Trinajstić information content (AvgIpc) is 3.90. The maximum absolute atomic E-state index is 2.51. The van der Waals surface area contributed by atoms with Crippen LogP contribution in [-0.4, -0.2) is 0 Å². The second kappa shape index (κ2) is 14.9. The quantitative estimate of drug-likeness (QED) is 0.164. The summed E-state index contributed by atoms with van der Waals surface area (Å²) in [5, 5.41) is 7.37. The molecule has 0 bridgehead atoms. The monoisotopic (exact) mass is 870 g/mol. The first kappa shape index (κ1) is 38.1. The van der Waals surface area contributed by atoms with Gasteiger partial charge in [0, 0.05) is 53.7 Å². The third-order valence-electron chi connectivity index (χ3n) is 14.5. The van der Waals surface area contributed by atoms with E-state index in [1.165, 1.54) is 86.2 Å². The van der Waals surface area contributed by atoms with Crippen LogP contribution in [-0.2, 0) is 11.8 Å². The van der Waals surface area contributed by atoms with Crippen molar-refractivity contribution in [2.75, 3.05) is 9.80 Å². The van der Waals surface area contributed by atoms with Gasteiger partial charge in [0.15, 0.2) is 0 Å². The molecule has 67 heavy (non-hydrogen) atoms. The van der Waals surface area contributed by atoms with Crippen molar-refractivity contribution in [3.05, 3.63) is 276 Å². The molecule has 3 heteroatoms. The second-order valence-electron chi connectivity index (χ2n) is 18.0. The molecule has 0 amide bonds. The van der Waals surface area contributed by atoms with Crippen LogP contribution < -0.4 is 9.80 Å². The van der Waals surface area contributed by atoms with Gasteiger partial charge in [-0.3, -0.25) is 0 Å². The Labute approximate surface area is 393 Å². The minimum atomic E-state index is -0.445. The van der Waals surface area contributed by atoms with Crippen LogP contribution in [0, 0.1) is 0 Å². The molecule has 0 atom stereocenters. The van der Waals surface area contributed by atoms with Gasteiger partial charge in [0.2, 0.25) is 0 Å². The van der Waals surface area contributed by atoms with Gasteiger partial charge in [0.25, 0.3) is 0 Å². The van der Waals surface area contributed by atoms with Crippen molar-refractivity contribution in [2.24, 2.45) is 0 Å². The van der Waals surface area contributed by atoms with Crippen LogP contribution in [0.15, 0.2) is 243 Å². The second-order valence-corrected chi connectivity index (χ2v) is 19.1. The zero-order valence-corrected chi connectivity index (χ0v) is 37.4. The summed E-state index contributed by atoms with van der Waals surface area (Å²) in [6, 6.07) is 90.4. The number of hydrogen-bond acceptors (Lipinski definition) is 3. The summed E-state index contributed by atoms with van der Waals surface area (Å²) in [5.41, 5.74) is 17.2. The third-order valence-corrected chi connectivity index (χ3v) is 15.6. The van der Waals surface area contributed by atoms with E-state index in [2.05, 4.69) is 252 Å². The van der Waals surface area contributed by atoms with E-state index in [4.69, 9.17) is 0 Å². The molecule has 0 fully saturated rings. The summed E-state index contributed by atoms with van der Waals surface area (Å²) in [6.07, 6.45) is 0.896. The molecule has 2 aliphatic rings. The summed E-state index contributed by atoms with van der Waals surface area (Å²) < 4.78 is 2.54. The SMILES string of the molecule is c1ccc(N(c2ccc3c(c2)C2(c4ccccc4C3)c3ccccc3-c3ccccc32)c2ccc3sc4ccc(N(c5cccc6ccccc56)c5cccc6ccccc56)cc4c3c2)cc1. The third kappa shape index (κ3) is 5.68. The maximum atomic E-state index is 2.51. The first-order valence-electron chi connectivity index (χ1n) is 23.2. The molecule has 12 aromatic rings. The Kier molecular flexibility index (Phi) is 8.47. The highest BCUT2D eigenvalue weighted by atomic mass is 32.1. The Bertz CT molecular complexity index is 3800. The van der Waals surface area contributed by atoms with Crippen LogP contribution in [0.5, 0.6) is 0 Å². The van der Waals surface area contributed by atoms with E-state index in [1.54, 1.807) is 0 Å². The lowest BCUT2D eigenvalue weighted by atomic mass is 9.61. The zero-order valence-electron chi connectivity index (χ0n) is 36.6. The molecule has 1 aromatic heterocycles. The van der Waals surface area contributed by atoms with E-state index in [0.717, 1.165) is 40.5 Å². The number of nitrogens with zero attached hydrogens (tertiary/aromatic N) is 2. The molecule has 0 aliphatic heterocycles. The van der Waals surface area contributed by atoms with E-state index in [0.29, 0.717) is 0 Å². The number of hydrogen-bond donors (Lipinski definition) is 0. The molecule has 314 valence electrons. The molecule has 1 spiro atoms. The molecule has 0 radical (unpaired) electrons. The summed E-state index contributed by atoms with van der Waals surface area (Å²) in [4.78, 5) is 4.93. The van der Waals surface area contributed by atoms with E-state index < -0.39 is 5.41 Å². The minimum absolute atomic E-state index is 0.445. The molecule has 0 N–H and O–H groups in total. The topological polar surface area (TPSA) is 6.48 Å². The molecule has 2 nitrogen and oxygen atoms in total. The highest BCUT2D eigenvalue weighted by Crippen LogP contribution is 2.60. The lowest BCUT2D eigenvalue weighted by molar-refractivity contribution is 0.722. The van der Waals surface area contributed by atoms with Crippen molar-refractivity contribution in [3.8, 4) is 11.1 Å². The summed E-state index contributed by atoms with van der Waals surface area (Å²) in [5.74, 6) is 0. The first-order valence-corrected chi connectivity index (χ1v) is 24.0. The van der Waals surface area contributed by atoms with Crippen LogP contribution in [0.4, 0.5) is 34.1 Å². The molecular weight excluding hydrogens is 829 g/mol. The molecule has 0 saturated carbocycles. The van der Waals surface area contributed by atoms with E-state index >= 15 is 0 Å². The van der Waals surface area contributed by atoms with Crippen molar-refractivity contribution in [1.29, 1.82) is 0 Å². The smallest absolute Gasteiger partial charge is 0.0719 e. The normalized spacial score (nSPS) is 13.1. The Morgan fingerprint density at radius 1 is 0.313 bits per heavy atom. The average molecular weight is 871 g/mol. The number of rotatable bonds is 6. The number of fused-ring (bicyclic) bond motifs is 14. The van der Waals surface area contributed by atoms with Gasteiger partial charge in [-0.05, 0) is 134 Å². The summed E-state index contributed by atoms with van der Waals surface area (Å²) >= 11 is 1.87. The van der Waals surface area contributed by atoms with Gasteiger partial charge in [0.1, 0.15) is 0 Å². The Morgan fingerprint density at radius 3 is 1.43 bits per heavy atom. The molecule has 14 rings (SSSR count). The Balaban J connectivity index is 0.972. The van der Waals surface area contributed by atoms with Crippen molar-refractivity contribution in [3.63, 3.8) is 0 Å². The van der Waals surface area contributed by atoms with Gasteiger partial charge in [0.05, 0.1) is 16.8 Å². The van der Waals surface area contributed by atoms with Crippen LogP contribution >= 0.6 is 11.3 Å². The van der Waals surface area contributed by atoms with Gasteiger partial charge < -0.3 is 9.80 Å². The van der Waals surface area contributed by atoms with Crippen molar-refractivity contribution < 1.29 is 0 Å².